The molecule has 0 amide bonds. The van der Waals surface area contributed by atoms with Crippen molar-refractivity contribution in [3.63, 3.8) is 0 Å². The molecule has 4 rings (SSSR count). The molecule has 0 atom stereocenters. The van der Waals surface area contributed by atoms with Gasteiger partial charge < -0.3 is 11.1 Å². The summed E-state index contributed by atoms with van der Waals surface area (Å²) in [7, 11) is -2.42. The maximum atomic E-state index is 11.8. The summed E-state index contributed by atoms with van der Waals surface area (Å²) in [5, 5.41) is 21.7. The van der Waals surface area contributed by atoms with Crippen molar-refractivity contribution in [2.75, 3.05) is 30.5 Å². The number of fused-ring (bicyclic) bond motifs is 1. The highest BCUT2D eigenvalue weighted by Crippen LogP contribution is 2.44. The maximum Gasteiger partial charge on any atom is 0.269 e. The predicted molar refractivity (Wildman–Crippen MR) is 114 cm³/mol. The van der Waals surface area contributed by atoms with Gasteiger partial charge >= 0.3 is 0 Å². The van der Waals surface area contributed by atoms with Crippen LogP contribution in [0.4, 0.5) is 11.6 Å². The summed E-state index contributed by atoms with van der Waals surface area (Å²) in [4.78, 5) is 4.41. The van der Waals surface area contributed by atoms with E-state index in [4.69, 9.17) is 17.3 Å². The summed E-state index contributed by atoms with van der Waals surface area (Å²) < 4.78 is 31.3. The molecule has 0 aromatic carbocycles. The molecular formula is C18H21ClN8O3S. The third-order valence-corrected chi connectivity index (χ3v) is 7.19. The Kier molecular flexibility index (Phi) is 5.28. The van der Waals surface area contributed by atoms with Crippen LogP contribution in [0.2, 0.25) is 5.02 Å². The molecule has 1 fully saturated rings. The normalized spacial score (nSPS) is 15.2. The minimum atomic E-state index is -3.58. The van der Waals surface area contributed by atoms with E-state index < -0.39 is 15.7 Å². The quantitative estimate of drug-likeness (QED) is 0.471. The van der Waals surface area contributed by atoms with Crippen LogP contribution in [0.25, 0.3) is 5.65 Å². The predicted octanol–water partition coefficient (Wildman–Crippen LogP) is 1.46. The molecule has 31 heavy (non-hydrogen) atoms. The number of halogens is 1. The Morgan fingerprint density at radius 1 is 1.42 bits per heavy atom. The number of hydrogen-bond donors (Lipinski definition) is 2. The molecule has 0 spiro atoms. The maximum absolute atomic E-state index is 11.8. The summed E-state index contributed by atoms with van der Waals surface area (Å²) in [5.74, 6) is 0.374. The minimum absolute atomic E-state index is 0.101. The van der Waals surface area contributed by atoms with Crippen LogP contribution in [-0.2, 0) is 26.3 Å². The zero-order chi connectivity index (χ0) is 22.4. The molecule has 3 heterocycles. The van der Waals surface area contributed by atoms with Crippen molar-refractivity contribution >= 4 is 39.0 Å². The average molecular weight is 465 g/mol. The standard InChI is InChI=1S/C18H21ClN8O3S/c1-11-14(19)17-23-16(13(9-20)15(21)27(17)24-11)22-7-3-12-4-8-26(25-12)18(5-6-18)10-31(28,29)30-2/h4,8H,3,5-7,10,21H2,1-2H3,(H,22,23). The van der Waals surface area contributed by atoms with Crippen molar-refractivity contribution in [3.8, 4) is 6.07 Å². The monoisotopic (exact) mass is 464 g/mol. The summed E-state index contributed by atoms with van der Waals surface area (Å²) in [5.41, 5.74) is 7.44. The molecular weight excluding hydrogens is 444 g/mol. The average Bonchev–Trinajstić information content (AvgIpc) is 3.22. The molecule has 1 aliphatic rings. The van der Waals surface area contributed by atoms with Gasteiger partial charge in [0.1, 0.15) is 34.0 Å². The lowest BCUT2D eigenvalue weighted by Gasteiger charge is -2.15. The van der Waals surface area contributed by atoms with E-state index in [2.05, 4.69) is 30.8 Å². The first-order valence-corrected chi connectivity index (χ1v) is 11.5. The minimum Gasteiger partial charge on any atom is -0.382 e. The van der Waals surface area contributed by atoms with Crippen molar-refractivity contribution in [3.05, 3.63) is 34.2 Å². The van der Waals surface area contributed by atoms with E-state index in [-0.39, 0.29) is 17.1 Å². The van der Waals surface area contributed by atoms with E-state index in [1.54, 1.807) is 17.8 Å². The van der Waals surface area contributed by atoms with Gasteiger partial charge in [0.25, 0.3) is 10.1 Å². The number of nitrogens with zero attached hydrogens (tertiary/aromatic N) is 6. The van der Waals surface area contributed by atoms with Crippen LogP contribution in [0, 0.1) is 18.3 Å². The van der Waals surface area contributed by atoms with Crippen molar-refractivity contribution in [1.29, 1.82) is 5.26 Å². The SMILES string of the molecule is COS(=O)(=O)CC1(n2ccc(CCNc3nc4c(Cl)c(C)nn4c(N)c3C#N)n2)CC1. The number of nitrogens with two attached hydrogens (primary N) is 1. The van der Waals surface area contributed by atoms with Gasteiger partial charge in [0.2, 0.25) is 0 Å². The van der Waals surface area contributed by atoms with Crippen LogP contribution in [0.5, 0.6) is 0 Å². The lowest BCUT2D eigenvalue weighted by molar-refractivity contribution is 0.377. The topological polar surface area (TPSA) is 153 Å². The van der Waals surface area contributed by atoms with Gasteiger partial charge in [-0.05, 0) is 25.8 Å². The van der Waals surface area contributed by atoms with Gasteiger partial charge in [-0.1, -0.05) is 11.6 Å². The molecule has 164 valence electrons. The Bertz CT molecular complexity index is 1300. The van der Waals surface area contributed by atoms with E-state index in [9.17, 15) is 13.7 Å². The molecule has 3 aromatic heterocycles. The van der Waals surface area contributed by atoms with Gasteiger partial charge in [-0.25, -0.2) is 4.98 Å². The van der Waals surface area contributed by atoms with Gasteiger partial charge in [-0.2, -0.15) is 28.4 Å². The van der Waals surface area contributed by atoms with Gasteiger partial charge in [0, 0.05) is 19.2 Å². The summed E-state index contributed by atoms with van der Waals surface area (Å²) in [6.45, 7) is 2.17. The fourth-order valence-corrected chi connectivity index (χ4v) is 4.78. The number of nitrogen functional groups attached to an aromatic ring is 1. The number of hydrogen-bond acceptors (Lipinski definition) is 9. The van der Waals surface area contributed by atoms with Gasteiger partial charge in [0.05, 0.1) is 24.0 Å². The second-order valence-corrected chi connectivity index (χ2v) is 9.60. The highest BCUT2D eigenvalue weighted by Gasteiger charge is 2.49. The van der Waals surface area contributed by atoms with E-state index in [0.717, 1.165) is 25.6 Å². The molecule has 3 N–H and O–H groups in total. The molecule has 1 saturated carbocycles. The number of nitrogens with one attached hydrogen (secondary N) is 1. The number of aromatic nitrogens is 5. The van der Waals surface area contributed by atoms with Crippen molar-refractivity contribution < 1.29 is 12.6 Å². The van der Waals surface area contributed by atoms with Crippen LogP contribution in [-0.4, -0.2) is 52.2 Å². The highest BCUT2D eigenvalue weighted by molar-refractivity contribution is 7.86. The second kappa shape index (κ2) is 7.67. The van der Waals surface area contributed by atoms with Crippen LogP contribution >= 0.6 is 11.6 Å². The fourth-order valence-electron chi connectivity index (χ4n) is 3.43. The Hall–Kier alpha value is -2.88. The van der Waals surface area contributed by atoms with E-state index in [1.165, 1.54) is 4.52 Å². The second-order valence-electron chi connectivity index (χ2n) is 7.49. The number of nitriles is 1. The first kappa shape index (κ1) is 21.4. The van der Waals surface area contributed by atoms with Gasteiger partial charge in [-0.3, -0.25) is 8.86 Å². The van der Waals surface area contributed by atoms with Crippen LogP contribution in [0.1, 0.15) is 29.8 Å². The summed E-state index contributed by atoms with van der Waals surface area (Å²) >= 11 is 6.24. The van der Waals surface area contributed by atoms with Crippen molar-refractivity contribution in [1.82, 2.24) is 24.4 Å². The molecule has 0 aliphatic heterocycles. The Morgan fingerprint density at radius 3 is 2.81 bits per heavy atom. The van der Waals surface area contributed by atoms with Crippen molar-refractivity contribution in [2.45, 2.75) is 31.7 Å². The lowest BCUT2D eigenvalue weighted by Crippen LogP contribution is -2.28. The molecule has 1 aliphatic carbocycles. The third kappa shape index (κ3) is 3.91. The lowest BCUT2D eigenvalue weighted by atomic mass is 10.2. The Morgan fingerprint density at radius 2 is 2.16 bits per heavy atom. The van der Waals surface area contributed by atoms with Gasteiger partial charge in [-0.15, -0.1) is 0 Å². The Balaban J connectivity index is 1.48. The molecule has 0 bridgehead atoms. The smallest absolute Gasteiger partial charge is 0.269 e. The number of anilines is 2. The molecule has 3 aromatic rings. The van der Waals surface area contributed by atoms with Crippen LogP contribution in [0.15, 0.2) is 12.3 Å². The molecule has 0 saturated heterocycles. The summed E-state index contributed by atoms with van der Waals surface area (Å²) in [6, 6.07) is 3.89. The number of rotatable bonds is 8. The first-order chi connectivity index (χ1) is 14.7. The van der Waals surface area contributed by atoms with E-state index in [1.807, 2.05) is 6.07 Å². The Labute approximate surface area is 183 Å². The van der Waals surface area contributed by atoms with Crippen LogP contribution in [0.3, 0.4) is 0 Å². The molecule has 0 radical (unpaired) electrons. The molecule has 13 heteroatoms. The van der Waals surface area contributed by atoms with Crippen LogP contribution < -0.4 is 11.1 Å². The largest absolute Gasteiger partial charge is 0.382 e. The molecule has 0 unspecified atom stereocenters. The van der Waals surface area contributed by atoms with E-state index in [0.29, 0.717) is 35.1 Å². The van der Waals surface area contributed by atoms with Crippen molar-refractivity contribution in [2.24, 2.45) is 0 Å². The van der Waals surface area contributed by atoms with Gasteiger partial charge in [0.15, 0.2) is 5.65 Å². The number of aryl methyl sites for hydroxylation is 1. The zero-order valence-electron chi connectivity index (χ0n) is 17.0. The third-order valence-electron chi connectivity index (χ3n) is 5.35. The zero-order valence-corrected chi connectivity index (χ0v) is 18.5. The summed E-state index contributed by atoms with van der Waals surface area (Å²) in [6.07, 6.45) is 3.78. The first-order valence-electron chi connectivity index (χ1n) is 9.51. The fraction of sp³-hybridized carbons (Fsp3) is 0.444. The molecule has 11 nitrogen and oxygen atoms in total. The van der Waals surface area contributed by atoms with E-state index >= 15 is 0 Å². The highest BCUT2D eigenvalue weighted by atomic mass is 35.5.